The van der Waals surface area contributed by atoms with E-state index in [0.717, 1.165) is 31.5 Å². The van der Waals surface area contributed by atoms with E-state index in [1.165, 1.54) is 6.07 Å². The zero-order valence-electron chi connectivity index (χ0n) is 12.4. The predicted octanol–water partition coefficient (Wildman–Crippen LogP) is 1.45. The van der Waals surface area contributed by atoms with E-state index in [-0.39, 0.29) is 24.2 Å². The second-order valence-corrected chi connectivity index (χ2v) is 5.79. The molecule has 1 heterocycles. The van der Waals surface area contributed by atoms with Crippen molar-refractivity contribution < 1.29 is 14.3 Å². The summed E-state index contributed by atoms with van der Waals surface area (Å²) in [6, 6.07) is 4.99. The van der Waals surface area contributed by atoms with E-state index in [1.807, 2.05) is 6.07 Å². The highest BCUT2D eigenvalue weighted by molar-refractivity contribution is 5.78. The van der Waals surface area contributed by atoms with Gasteiger partial charge >= 0.3 is 0 Å². The molecule has 5 heteroatoms. The third kappa shape index (κ3) is 4.79. The first-order valence-corrected chi connectivity index (χ1v) is 7.43. The normalized spacial score (nSPS) is 19.5. The molecule has 0 aromatic heterocycles. The Morgan fingerprint density at radius 2 is 2.33 bits per heavy atom. The number of hydrogen-bond donors (Lipinski definition) is 2. The first-order valence-electron chi connectivity index (χ1n) is 7.43. The van der Waals surface area contributed by atoms with Crippen molar-refractivity contribution in [2.45, 2.75) is 26.3 Å². The Kier molecular flexibility index (Phi) is 5.70. The van der Waals surface area contributed by atoms with Gasteiger partial charge < -0.3 is 10.4 Å². The first-order chi connectivity index (χ1) is 10.1. The lowest BCUT2D eigenvalue weighted by Gasteiger charge is -2.31. The number of carbonyl (C=O) groups is 1. The highest BCUT2D eigenvalue weighted by Gasteiger charge is 2.20. The average Bonchev–Trinajstić information content (AvgIpc) is 2.48. The third-order valence-electron chi connectivity index (χ3n) is 3.95. The summed E-state index contributed by atoms with van der Waals surface area (Å²) in [5, 5.41) is 12.0. The Labute approximate surface area is 125 Å². The van der Waals surface area contributed by atoms with Crippen molar-refractivity contribution in [3.8, 4) is 0 Å². The van der Waals surface area contributed by atoms with E-state index in [2.05, 4.69) is 10.2 Å². The second-order valence-electron chi connectivity index (χ2n) is 5.79. The summed E-state index contributed by atoms with van der Waals surface area (Å²) in [7, 11) is 0. The van der Waals surface area contributed by atoms with Crippen molar-refractivity contribution in [2.24, 2.45) is 5.92 Å². The Morgan fingerprint density at radius 1 is 1.52 bits per heavy atom. The van der Waals surface area contributed by atoms with Gasteiger partial charge in [-0.3, -0.25) is 9.69 Å². The van der Waals surface area contributed by atoms with E-state index < -0.39 is 0 Å². The van der Waals surface area contributed by atoms with Crippen LogP contribution >= 0.6 is 0 Å². The number of hydrogen-bond acceptors (Lipinski definition) is 3. The molecule has 1 aromatic carbocycles. The minimum atomic E-state index is -0.247. The van der Waals surface area contributed by atoms with Gasteiger partial charge in [-0.15, -0.1) is 0 Å². The van der Waals surface area contributed by atoms with Crippen LogP contribution in [0.3, 0.4) is 0 Å². The number of aryl methyl sites for hydroxylation is 1. The molecular weight excluding hydrogens is 271 g/mol. The van der Waals surface area contributed by atoms with Crippen molar-refractivity contribution in [2.75, 3.05) is 26.2 Å². The van der Waals surface area contributed by atoms with E-state index in [1.54, 1.807) is 13.0 Å². The predicted molar refractivity (Wildman–Crippen MR) is 79.2 cm³/mol. The number of rotatable bonds is 5. The fourth-order valence-corrected chi connectivity index (χ4v) is 2.65. The fourth-order valence-electron chi connectivity index (χ4n) is 2.65. The number of benzene rings is 1. The van der Waals surface area contributed by atoms with Crippen LogP contribution in [-0.4, -0.2) is 42.2 Å². The molecule has 4 nitrogen and oxygen atoms in total. The minimum absolute atomic E-state index is 0.0606. The lowest BCUT2D eigenvalue weighted by Crippen LogP contribution is -2.43. The van der Waals surface area contributed by atoms with Gasteiger partial charge in [0.05, 0.1) is 6.54 Å². The molecule has 21 heavy (non-hydrogen) atoms. The monoisotopic (exact) mass is 294 g/mol. The molecule has 2 N–H and O–H groups in total. The van der Waals surface area contributed by atoms with Gasteiger partial charge in [0.15, 0.2) is 0 Å². The molecule has 1 aromatic rings. The maximum absolute atomic E-state index is 13.4. The Morgan fingerprint density at radius 3 is 3.05 bits per heavy atom. The summed E-state index contributed by atoms with van der Waals surface area (Å²) in [5.41, 5.74) is 1.37. The number of piperidine rings is 1. The van der Waals surface area contributed by atoms with Gasteiger partial charge in [0.2, 0.25) is 5.91 Å². The van der Waals surface area contributed by atoms with Crippen molar-refractivity contribution >= 4 is 5.91 Å². The molecule has 1 atom stereocenters. The molecular formula is C16H23FN2O2. The highest BCUT2D eigenvalue weighted by atomic mass is 19.1. The topological polar surface area (TPSA) is 52.6 Å². The maximum Gasteiger partial charge on any atom is 0.234 e. The number of likely N-dealkylation sites (tertiary alicyclic amines) is 1. The van der Waals surface area contributed by atoms with Crippen molar-refractivity contribution in [1.82, 2.24) is 10.2 Å². The summed E-state index contributed by atoms with van der Waals surface area (Å²) in [5.74, 6) is -0.0316. The summed E-state index contributed by atoms with van der Waals surface area (Å²) >= 11 is 0. The zero-order chi connectivity index (χ0) is 15.2. The standard InChI is InChI=1S/C16H23FN2O2/c1-12-4-5-13(7-15(12)17)8-18-16(21)10-19-6-2-3-14(9-19)11-20/h4-5,7,14,20H,2-3,6,8-11H2,1H3,(H,18,21). The Bertz CT molecular complexity index is 493. The van der Waals surface area contributed by atoms with Gasteiger partial charge in [-0.1, -0.05) is 12.1 Å². The zero-order valence-corrected chi connectivity index (χ0v) is 12.4. The summed E-state index contributed by atoms with van der Waals surface area (Å²) in [6.07, 6.45) is 2.04. The number of halogens is 1. The van der Waals surface area contributed by atoms with Gasteiger partial charge in [0.25, 0.3) is 0 Å². The molecule has 1 fully saturated rings. The Balaban J connectivity index is 1.77. The largest absolute Gasteiger partial charge is 0.396 e. The number of carbonyl (C=O) groups excluding carboxylic acids is 1. The lowest BCUT2D eigenvalue weighted by molar-refractivity contribution is -0.122. The molecule has 1 amide bonds. The van der Waals surface area contributed by atoms with Crippen molar-refractivity contribution in [3.05, 3.63) is 35.1 Å². The molecule has 0 radical (unpaired) electrons. The van der Waals surface area contributed by atoms with Gasteiger partial charge in [-0.05, 0) is 49.4 Å². The summed E-state index contributed by atoms with van der Waals surface area (Å²) in [4.78, 5) is 14.0. The van der Waals surface area contributed by atoms with E-state index in [4.69, 9.17) is 0 Å². The molecule has 1 aliphatic rings. The SMILES string of the molecule is Cc1ccc(CNC(=O)CN2CCCC(CO)C2)cc1F. The lowest BCUT2D eigenvalue weighted by atomic mass is 9.99. The molecule has 2 rings (SSSR count). The quantitative estimate of drug-likeness (QED) is 0.864. The summed E-state index contributed by atoms with van der Waals surface area (Å²) < 4.78 is 13.4. The molecule has 116 valence electrons. The van der Waals surface area contributed by atoms with Gasteiger partial charge in [-0.2, -0.15) is 0 Å². The molecule has 1 aliphatic heterocycles. The van der Waals surface area contributed by atoms with E-state index in [9.17, 15) is 14.3 Å². The fraction of sp³-hybridized carbons (Fsp3) is 0.562. The third-order valence-corrected chi connectivity index (χ3v) is 3.95. The number of nitrogens with one attached hydrogen (secondary N) is 1. The smallest absolute Gasteiger partial charge is 0.234 e. The van der Waals surface area contributed by atoms with Crippen molar-refractivity contribution in [1.29, 1.82) is 0 Å². The number of aliphatic hydroxyl groups is 1. The highest BCUT2D eigenvalue weighted by Crippen LogP contribution is 2.15. The number of amides is 1. The molecule has 0 saturated carbocycles. The Hall–Kier alpha value is -1.46. The van der Waals surface area contributed by atoms with Crippen LogP contribution in [0.4, 0.5) is 4.39 Å². The van der Waals surface area contributed by atoms with Crippen molar-refractivity contribution in [3.63, 3.8) is 0 Å². The molecule has 1 unspecified atom stereocenters. The summed E-state index contributed by atoms with van der Waals surface area (Å²) in [6.45, 7) is 4.23. The van der Waals surface area contributed by atoms with Gasteiger partial charge in [0.1, 0.15) is 5.82 Å². The second kappa shape index (κ2) is 7.52. The molecule has 1 saturated heterocycles. The number of nitrogens with zero attached hydrogens (tertiary/aromatic N) is 1. The van der Waals surface area contributed by atoms with Crippen LogP contribution in [0.2, 0.25) is 0 Å². The van der Waals surface area contributed by atoms with E-state index in [0.29, 0.717) is 18.7 Å². The van der Waals surface area contributed by atoms with Gasteiger partial charge in [0, 0.05) is 19.7 Å². The van der Waals surface area contributed by atoms with Crippen LogP contribution < -0.4 is 5.32 Å². The van der Waals surface area contributed by atoms with Crippen LogP contribution in [0.1, 0.15) is 24.0 Å². The van der Waals surface area contributed by atoms with Crippen LogP contribution in [-0.2, 0) is 11.3 Å². The molecule has 0 bridgehead atoms. The molecule has 0 spiro atoms. The maximum atomic E-state index is 13.4. The van der Waals surface area contributed by atoms with Gasteiger partial charge in [-0.25, -0.2) is 4.39 Å². The van der Waals surface area contributed by atoms with Crippen LogP contribution in [0.15, 0.2) is 18.2 Å². The average molecular weight is 294 g/mol. The van der Waals surface area contributed by atoms with E-state index >= 15 is 0 Å². The number of aliphatic hydroxyl groups excluding tert-OH is 1. The van der Waals surface area contributed by atoms with Crippen LogP contribution in [0.25, 0.3) is 0 Å². The first kappa shape index (κ1) is 15.9. The van der Waals surface area contributed by atoms with Crippen LogP contribution in [0.5, 0.6) is 0 Å². The van der Waals surface area contributed by atoms with Crippen LogP contribution in [0, 0.1) is 18.7 Å². The minimum Gasteiger partial charge on any atom is -0.396 e. The molecule has 0 aliphatic carbocycles.